The summed E-state index contributed by atoms with van der Waals surface area (Å²) in [6.45, 7) is 1.62. The van der Waals surface area contributed by atoms with E-state index in [1.165, 1.54) is 5.56 Å². The lowest BCUT2D eigenvalue weighted by molar-refractivity contribution is -0.137. The Kier molecular flexibility index (Phi) is 5.40. The standard InChI is InChI=1S/C11H16N2O2/c14-11(15)4-2-6-12-8-5-10-3-1-7-13-9-10/h1,3,7,9,12H,2,4-6,8H2,(H,14,15). The topological polar surface area (TPSA) is 62.2 Å². The molecule has 4 nitrogen and oxygen atoms in total. The molecule has 4 heteroatoms. The summed E-state index contributed by atoms with van der Waals surface area (Å²) in [4.78, 5) is 14.2. The Balaban J connectivity index is 2.00. The maximum absolute atomic E-state index is 10.2. The van der Waals surface area contributed by atoms with Crippen LogP contribution in [-0.4, -0.2) is 29.1 Å². The molecule has 0 unspecified atom stereocenters. The zero-order valence-corrected chi connectivity index (χ0v) is 8.65. The lowest BCUT2D eigenvalue weighted by atomic mass is 10.2. The maximum Gasteiger partial charge on any atom is 0.303 e. The Bertz CT molecular complexity index is 288. The molecule has 0 saturated carbocycles. The van der Waals surface area contributed by atoms with Gasteiger partial charge in [-0.25, -0.2) is 0 Å². The molecule has 2 N–H and O–H groups in total. The van der Waals surface area contributed by atoms with Crippen molar-refractivity contribution in [1.29, 1.82) is 0 Å². The van der Waals surface area contributed by atoms with Crippen LogP contribution in [0.2, 0.25) is 0 Å². The van der Waals surface area contributed by atoms with Crippen LogP contribution in [0.15, 0.2) is 24.5 Å². The highest BCUT2D eigenvalue weighted by Gasteiger charge is 1.96. The number of carboxylic acid groups (broad SMARTS) is 1. The highest BCUT2D eigenvalue weighted by molar-refractivity contribution is 5.66. The molecule has 15 heavy (non-hydrogen) atoms. The first-order valence-corrected chi connectivity index (χ1v) is 5.10. The summed E-state index contributed by atoms with van der Waals surface area (Å²) in [6, 6.07) is 3.95. The summed E-state index contributed by atoms with van der Waals surface area (Å²) in [5, 5.41) is 11.6. The van der Waals surface area contributed by atoms with E-state index in [1.807, 2.05) is 18.3 Å². The highest BCUT2D eigenvalue weighted by Crippen LogP contribution is 1.95. The molecule has 0 aliphatic rings. The third kappa shape index (κ3) is 5.80. The molecule has 0 fully saturated rings. The van der Waals surface area contributed by atoms with Crippen LogP contribution in [0.1, 0.15) is 18.4 Å². The maximum atomic E-state index is 10.2. The number of aliphatic carboxylic acids is 1. The van der Waals surface area contributed by atoms with Gasteiger partial charge in [-0.15, -0.1) is 0 Å². The van der Waals surface area contributed by atoms with Crippen LogP contribution < -0.4 is 5.32 Å². The number of nitrogens with one attached hydrogen (secondary N) is 1. The molecular formula is C11H16N2O2. The molecule has 0 saturated heterocycles. The number of aromatic nitrogens is 1. The molecular weight excluding hydrogens is 192 g/mol. The minimum Gasteiger partial charge on any atom is -0.481 e. The molecule has 0 aromatic carbocycles. The summed E-state index contributed by atoms with van der Waals surface area (Å²) in [6.07, 6.45) is 5.45. The predicted molar refractivity (Wildman–Crippen MR) is 57.7 cm³/mol. The smallest absolute Gasteiger partial charge is 0.303 e. The Morgan fingerprint density at radius 1 is 1.47 bits per heavy atom. The van der Waals surface area contributed by atoms with Crippen molar-refractivity contribution in [2.24, 2.45) is 0 Å². The lowest BCUT2D eigenvalue weighted by Crippen LogP contribution is -2.19. The van der Waals surface area contributed by atoms with Crippen LogP contribution in [0, 0.1) is 0 Å². The fourth-order valence-corrected chi connectivity index (χ4v) is 1.27. The zero-order chi connectivity index (χ0) is 10.9. The molecule has 0 bridgehead atoms. The molecule has 1 heterocycles. The van der Waals surface area contributed by atoms with E-state index in [2.05, 4.69) is 10.3 Å². The summed E-state index contributed by atoms with van der Waals surface area (Å²) in [5.74, 6) is -0.732. The van der Waals surface area contributed by atoms with Crippen molar-refractivity contribution in [1.82, 2.24) is 10.3 Å². The Hall–Kier alpha value is -1.42. The second-order valence-corrected chi connectivity index (χ2v) is 3.36. The Labute approximate surface area is 89.3 Å². The average Bonchev–Trinajstić information content (AvgIpc) is 2.24. The number of hydrogen-bond donors (Lipinski definition) is 2. The third-order valence-electron chi connectivity index (χ3n) is 2.06. The van der Waals surface area contributed by atoms with Crippen molar-refractivity contribution in [2.75, 3.05) is 13.1 Å². The van der Waals surface area contributed by atoms with Crippen LogP contribution in [0.3, 0.4) is 0 Å². The fourth-order valence-electron chi connectivity index (χ4n) is 1.27. The molecule has 1 aromatic heterocycles. The van der Waals surface area contributed by atoms with E-state index in [0.29, 0.717) is 6.42 Å². The molecule has 1 rings (SSSR count). The normalized spacial score (nSPS) is 10.1. The van der Waals surface area contributed by atoms with E-state index in [1.54, 1.807) is 6.20 Å². The third-order valence-corrected chi connectivity index (χ3v) is 2.06. The molecule has 0 atom stereocenters. The van der Waals surface area contributed by atoms with E-state index < -0.39 is 5.97 Å². The predicted octanol–water partition coefficient (Wildman–Crippen LogP) is 1.08. The molecule has 82 valence electrons. The minimum atomic E-state index is -0.732. The first-order valence-electron chi connectivity index (χ1n) is 5.10. The summed E-state index contributed by atoms with van der Waals surface area (Å²) in [7, 11) is 0. The molecule has 0 aliphatic carbocycles. The monoisotopic (exact) mass is 208 g/mol. The van der Waals surface area contributed by atoms with Crippen molar-refractivity contribution in [3.05, 3.63) is 30.1 Å². The lowest BCUT2D eigenvalue weighted by Gasteiger charge is -2.03. The quantitative estimate of drug-likeness (QED) is 0.658. The van der Waals surface area contributed by atoms with Gasteiger partial charge in [-0.1, -0.05) is 6.07 Å². The second-order valence-electron chi connectivity index (χ2n) is 3.36. The van der Waals surface area contributed by atoms with Gasteiger partial charge < -0.3 is 10.4 Å². The van der Waals surface area contributed by atoms with Crippen molar-refractivity contribution in [3.63, 3.8) is 0 Å². The number of carboxylic acids is 1. The van der Waals surface area contributed by atoms with Gasteiger partial charge in [-0.2, -0.15) is 0 Å². The summed E-state index contributed by atoms with van der Waals surface area (Å²) < 4.78 is 0. The Morgan fingerprint density at radius 2 is 2.33 bits per heavy atom. The largest absolute Gasteiger partial charge is 0.481 e. The first kappa shape index (κ1) is 11.7. The fraction of sp³-hybridized carbons (Fsp3) is 0.455. The van der Waals surface area contributed by atoms with Gasteiger partial charge in [0, 0.05) is 18.8 Å². The molecule has 0 spiro atoms. The molecule has 0 amide bonds. The van der Waals surface area contributed by atoms with Crippen molar-refractivity contribution >= 4 is 5.97 Å². The van der Waals surface area contributed by atoms with Gasteiger partial charge in [-0.05, 0) is 37.6 Å². The van der Waals surface area contributed by atoms with E-state index in [4.69, 9.17) is 5.11 Å². The highest BCUT2D eigenvalue weighted by atomic mass is 16.4. The van der Waals surface area contributed by atoms with Crippen molar-refractivity contribution in [2.45, 2.75) is 19.3 Å². The SMILES string of the molecule is O=C(O)CCCNCCc1cccnc1. The van der Waals surface area contributed by atoms with Gasteiger partial charge in [0.15, 0.2) is 0 Å². The van der Waals surface area contributed by atoms with E-state index in [-0.39, 0.29) is 6.42 Å². The van der Waals surface area contributed by atoms with Crippen LogP contribution in [0.5, 0.6) is 0 Å². The average molecular weight is 208 g/mol. The second kappa shape index (κ2) is 6.95. The molecule has 1 aromatic rings. The molecule has 0 radical (unpaired) electrons. The number of hydrogen-bond acceptors (Lipinski definition) is 3. The van der Waals surface area contributed by atoms with Gasteiger partial charge in [0.1, 0.15) is 0 Å². The first-order chi connectivity index (χ1) is 7.29. The van der Waals surface area contributed by atoms with Gasteiger partial charge in [-0.3, -0.25) is 9.78 Å². The zero-order valence-electron chi connectivity index (χ0n) is 8.65. The van der Waals surface area contributed by atoms with Gasteiger partial charge >= 0.3 is 5.97 Å². The van der Waals surface area contributed by atoms with Crippen LogP contribution in [0.25, 0.3) is 0 Å². The van der Waals surface area contributed by atoms with Gasteiger partial charge in [0.05, 0.1) is 0 Å². The molecule has 0 aliphatic heterocycles. The number of nitrogens with zero attached hydrogens (tertiary/aromatic N) is 1. The van der Waals surface area contributed by atoms with E-state index >= 15 is 0 Å². The van der Waals surface area contributed by atoms with Crippen LogP contribution in [-0.2, 0) is 11.2 Å². The van der Waals surface area contributed by atoms with E-state index in [9.17, 15) is 4.79 Å². The minimum absolute atomic E-state index is 0.236. The van der Waals surface area contributed by atoms with Gasteiger partial charge in [0.2, 0.25) is 0 Å². The van der Waals surface area contributed by atoms with Gasteiger partial charge in [0.25, 0.3) is 0 Å². The van der Waals surface area contributed by atoms with Crippen molar-refractivity contribution < 1.29 is 9.90 Å². The number of pyridine rings is 1. The van der Waals surface area contributed by atoms with Crippen molar-refractivity contribution in [3.8, 4) is 0 Å². The number of rotatable bonds is 7. The Morgan fingerprint density at radius 3 is 3.00 bits per heavy atom. The van der Waals surface area contributed by atoms with E-state index in [0.717, 1.165) is 19.5 Å². The summed E-state index contributed by atoms with van der Waals surface area (Å²) in [5.41, 5.74) is 1.20. The van der Waals surface area contributed by atoms with Crippen LogP contribution in [0.4, 0.5) is 0 Å². The van der Waals surface area contributed by atoms with Crippen LogP contribution >= 0.6 is 0 Å². The number of carbonyl (C=O) groups is 1. The summed E-state index contributed by atoms with van der Waals surface area (Å²) >= 11 is 0.